The van der Waals surface area contributed by atoms with Gasteiger partial charge < -0.3 is 18.9 Å². The number of phosphoric acid groups is 1. The number of carbonyl (C=O) groups excluding carboxylic acids is 2. The highest BCUT2D eigenvalue weighted by Crippen LogP contribution is 2.43. The molecule has 0 aromatic heterocycles. The SMILES string of the molecule is CC/C=C\C/C=C\C/C=C\C/C=C\CCCCCCCCCCC(=O)OC(COC(=O)CCCCCCCCCCCCCC/C=C\C/C=C\C/C=C\CCCCCCC)COP(=O)(O)OCC[N+](C)(C)C. The van der Waals surface area contributed by atoms with E-state index in [4.69, 9.17) is 18.5 Å². The van der Waals surface area contributed by atoms with Crippen molar-refractivity contribution in [3.8, 4) is 0 Å². The zero-order valence-corrected chi connectivity index (χ0v) is 48.0. The van der Waals surface area contributed by atoms with Gasteiger partial charge in [0.05, 0.1) is 27.7 Å². The van der Waals surface area contributed by atoms with Gasteiger partial charge >= 0.3 is 19.8 Å². The third kappa shape index (κ3) is 56.5. The van der Waals surface area contributed by atoms with Crippen LogP contribution in [0.5, 0.6) is 0 Å². The van der Waals surface area contributed by atoms with Gasteiger partial charge in [-0.05, 0) is 89.9 Å². The Hall–Kier alpha value is -2.81. The Bertz CT molecular complexity index is 1490. The van der Waals surface area contributed by atoms with Crippen LogP contribution in [0.1, 0.15) is 245 Å². The number of rotatable bonds is 53. The van der Waals surface area contributed by atoms with E-state index in [9.17, 15) is 19.0 Å². The fourth-order valence-electron chi connectivity index (χ4n) is 7.90. The highest BCUT2D eigenvalue weighted by Gasteiger charge is 2.27. The van der Waals surface area contributed by atoms with E-state index in [1.54, 1.807) is 0 Å². The molecule has 2 atom stereocenters. The van der Waals surface area contributed by atoms with Crippen molar-refractivity contribution in [3.05, 3.63) is 85.1 Å². The molecular formula is C62H111NO8P+. The van der Waals surface area contributed by atoms with Gasteiger partial charge in [0.25, 0.3) is 0 Å². The third-order valence-electron chi connectivity index (χ3n) is 12.4. The van der Waals surface area contributed by atoms with Gasteiger partial charge in [0.15, 0.2) is 6.10 Å². The molecule has 0 rings (SSSR count). The average molecular weight is 1030 g/mol. The van der Waals surface area contributed by atoms with Crippen molar-refractivity contribution in [1.29, 1.82) is 0 Å². The maximum atomic E-state index is 12.8. The Labute approximate surface area is 443 Å². The molecule has 1 N–H and O–H groups in total. The molecule has 416 valence electrons. The average Bonchev–Trinajstić information content (AvgIpc) is 3.34. The van der Waals surface area contributed by atoms with E-state index >= 15 is 0 Å². The van der Waals surface area contributed by atoms with Crippen LogP contribution >= 0.6 is 7.82 Å². The highest BCUT2D eigenvalue weighted by molar-refractivity contribution is 7.47. The Morgan fingerprint density at radius 3 is 1.18 bits per heavy atom. The minimum atomic E-state index is -4.39. The number of nitrogens with zero attached hydrogens (tertiary/aromatic N) is 1. The van der Waals surface area contributed by atoms with Gasteiger partial charge in [0.2, 0.25) is 0 Å². The summed E-state index contributed by atoms with van der Waals surface area (Å²) < 4.78 is 34.6. The maximum Gasteiger partial charge on any atom is 0.472 e. The van der Waals surface area contributed by atoms with Gasteiger partial charge in [-0.1, -0.05) is 227 Å². The van der Waals surface area contributed by atoms with Gasteiger partial charge in [-0.25, -0.2) is 4.57 Å². The van der Waals surface area contributed by atoms with Crippen molar-refractivity contribution in [2.75, 3.05) is 47.5 Å². The lowest BCUT2D eigenvalue weighted by atomic mass is 10.0. The minimum Gasteiger partial charge on any atom is -0.462 e. The summed E-state index contributed by atoms with van der Waals surface area (Å²) >= 11 is 0. The first-order valence-electron chi connectivity index (χ1n) is 29.3. The van der Waals surface area contributed by atoms with Crippen LogP contribution in [0.3, 0.4) is 0 Å². The number of allylic oxidation sites excluding steroid dienone is 14. The molecule has 0 aromatic rings. The van der Waals surface area contributed by atoms with Crippen LogP contribution in [0.2, 0.25) is 0 Å². The van der Waals surface area contributed by atoms with Crippen molar-refractivity contribution < 1.29 is 42.1 Å². The summed E-state index contributed by atoms with van der Waals surface area (Å²) in [4.78, 5) is 35.7. The van der Waals surface area contributed by atoms with E-state index in [2.05, 4.69) is 98.9 Å². The van der Waals surface area contributed by atoms with Gasteiger partial charge in [0.1, 0.15) is 19.8 Å². The zero-order chi connectivity index (χ0) is 52.7. The first-order chi connectivity index (χ1) is 35.0. The second-order valence-electron chi connectivity index (χ2n) is 20.6. The molecule has 0 fully saturated rings. The minimum absolute atomic E-state index is 0.0261. The van der Waals surface area contributed by atoms with Crippen molar-refractivity contribution in [2.24, 2.45) is 0 Å². The predicted octanol–water partition coefficient (Wildman–Crippen LogP) is 18.3. The van der Waals surface area contributed by atoms with Gasteiger partial charge in [0, 0.05) is 12.8 Å². The van der Waals surface area contributed by atoms with Crippen LogP contribution in [-0.4, -0.2) is 74.9 Å². The van der Waals surface area contributed by atoms with Crippen LogP contribution < -0.4 is 0 Å². The van der Waals surface area contributed by atoms with Crippen LogP contribution in [-0.2, 0) is 32.7 Å². The molecule has 0 aliphatic rings. The molecule has 0 saturated heterocycles. The summed E-state index contributed by atoms with van der Waals surface area (Å²) in [7, 11) is 1.46. The molecule has 10 heteroatoms. The lowest BCUT2D eigenvalue weighted by molar-refractivity contribution is -0.870. The number of hydrogen-bond acceptors (Lipinski definition) is 7. The number of hydrogen-bond donors (Lipinski definition) is 1. The standard InChI is InChI=1S/C62H110NO8P/c1-6-8-10-12-14-16-18-20-22-24-26-28-29-30-31-32-33-35-36-38-40-42-44-46-48-50-52-54-61(64)68-58-60(59-70-72(66,67)69-57-56-63(3,4)5)71-62(65)55-53-51-49-47-45-43-41-39-37-34-27-25-23-21-19-17-15-13-11-9-7-2/h9,11,15,17-18,20-21,23-24,26-27,29-30,34,60H,6-8,10,12-14,16,19,22,25,28,31-33,35-59H2,1-5H3/p+1/b11-9-,17-15-,20-18-,23-21-,26-24-,30-29-,34-27-. The number of phosphoric ester groups is 1. The fourth-order valence-corrected chi connectivity index (χ4v) is 8.64. The number of ether oxygens (including phenoxy) is 2. The van der Waals surface area contributed by atoms with Crippen LogP contribution in [0.4, 0.5) is 0 Å². The number of carbonyl (C=O) groups is 2. The monoisotopic (exact) mass is 1030 g/mol. The van der Waals surface area contributed by atoms with E-state index in [-0.39, 0.29) is 32.0 Å². The Morgan fingerprint density at radius 2 is 0.792 bits per heavy atom. The lowest BCUT2D eigenvalue weighted by Gasteiger charge is -2.24. The lowest BCUT2D eigenvalue weighted by Crippen LogP contribution is -2.37. The summed E-state index contributed by atoms with van der Waals surface area (Å²) in [5, 5.41) is 0. The second kappa shape index (κ2) is 53.0. The number of quaternary nitrogens is 1. The Balaban J connectivity index is 4.17. The first kappa shape index (κ1) is 69.2. The van der Waals surface area contributed by atoms with Crippen molar-refractivity contribution >= 4 is 19.8 Å². The van der Waals surface area contributed by atoms with Gasteiger partial charge in [-0.15, -0.1) is 0 Å². The summed E-state index contributed by atoms with van der Waals surface area (Å²) in [6, 6.07) is 0. The molecule has 0 aromatic carbocycles. The largest absolute Gasteiger partial charge is 0.472 e. The van der Waals surface area contributed by atoms with Crippen molar-refractivity contribution in [2.45, 2.75) is 251 Å². The topological polar surface area (TPSA) is 108 Å². The van der Waals surface area contributed by atoms with Crippen LogP contribution in [0.15, 0.2) is 85.1 Å². The molecule has 0 saturated carbocycles. The zero-order valence-electron chi connectivity index (χ0n) is 47.1. The summed E-state index contributed by atoms with van der Waals surface area (Å²) in [6.07, 6.45) is 70.7. The molecule has 0 spiro atoms. The molecule has 0 aliphatic heterocycles. The van der Waals surface area contributed by atoms with Gasteiger partial charge in [-0.3, -0.25) is 18.6 Å². The normalized spacial score (nSPS) is 13.9. The van der Waals surface area contributed by atoms with Crippen LogP contribution in [0.25, 0.3) is 0 Å². The van der Waals surface area contributed by atoms with E-state index in [1.807, 2.05) is 21.1 Å². The molecular weight excluding hydrogens is 918 g/mol. The first-order valence-corrected chi connectivity index (χ1v) is 30.8. The summed E-state index contributed by atoms with van der Waals surface area (Å²) in [6.45, 7) is 4.31. The molecule has 0 radical (unpaired) electrons. The van der Waals surface area contributed by atoms with E-state index < -0.39 is 26.5 Å². The molecule has 9 nitrogen and oxygen atoms in total. The highest BCUT2D eigenvalue weighted by atomic mass is 31.2. The summed E-state index contributed by atoms with van der Waals surface area (Å²) in [5.41, 5.74) is 0. The second-order valence-corrected chi connectivity index (χ2v) is 22.1. The third-order valence-corrected chi connectivity index (χ3v) is 13.4. The van der Waals surface area contributed by atoms with Gasteiger partial charge in [-0.2, -0.15) is 0 Å². The Kier molecular flexibility index (Phi) is 51.0. The quantitative estimate of drug-likeness (QED) is 0.0211. The molecule has 72 heavy (non-hydrogen) atoms. The molecule has 0 amide bonds. The number of unbranched alkanes of at least 4 members (excludes halogenated alkanes) is 25. The molecule has 0 bridgehead atoms. The van der Waals surface area contributed by atoms with E-state index in [0.717, 1.165) is 83.5 Å². The molecule has 0 heterocycles. The molecule has 2 unspecified atom stereocenters. The Morgan fingerprint density at radius 1 is 0.444 bits per heavy atom. The predicted molar refractivity (Wildman–Crippen MR) is 307 cm³/mol. The smallest absolute Gasteiger partial charge is 0.462 e. The van der Waals surface area contributed by atoms with E-state index in [1.165, 1.54) is 128 Å². The number of esters is 2. The fraction of sp³-hybridized carbons (Fsp3) is 0.742. The van der Waals surface area contributed by atoms with Crippen LogP contribution in [0, 0.1) is 0 Å². The van der Waals surface area contributed by atoms with Crippen molar-refractivity contribution in [1.82, 2.24) is 0 Å². The maximum absolute atomic E-state index is 12.8. The molecule has 0 aliphatic carbocycles. The number of likely N-dealkylation sites (N-methyl/N-ethyl adjacent to an activating group) is 1. The summed E-state index contributed by atoms with van der Waals surface area (Å²) in [5.74, 6) is -0.808. The van der Waals surface area contributed by atoms with Crippen molar-refractivity contribution in [3.63, 3.8) is 0 Å². The van der Waals surface area contributed by atoms with E-state index in [0.29, 0.717) is 17.4 Å².